The van der Waals surface area contributed by atoms with Gasteiger partial charge in [-0.15, -0.1) is 0 Å². The lowest BCUT2D eigenvalue weighted by Crippen LogP contribution is -2.62. The molecule has 2 fully saturated rings. The van der Waals surface area contributed by atoms with Crippen molar-refractivity contribution in [3.8, 4) is 0 Å². The smallest absolute Gasteiger partial charge is 0.303 e. The number of esters is 1. The van der Waals surface area contributed by atoms with Crippen molar-refractivity contribution >= 4 is 5.97 Å². The van der Waals surface area contributed by atoms with Crippen molar-refractivity contribution in [3.05, 3.63) is 77.7 Å². The van der Waals surface area contributed by atoms with Crippen molar-refractivity contribution in [2.24, 2.45) is 20.5 Å². The predicted octanol–water partition coefficient (Wildman–Crippen LogP) is 4.06. The van der Waals surface area contributed by atoms with Gasteiger partial charge in [-0.05, 0) is 34.1 Å². The molecule has 0 amide bonds. The molecule has 0 bridgehead atoms. The SMILES string of the molecule is CC(=O)OC1C(N=[N+]=[N-])CC(N=[N+]=[N-])C(OC2OC(CN=[N+]=[N-])C(OCc3ccccc3)C(F)C2N=[N+]=[N-])C1O. The highest BCUT2D eigenvalue weighted by atomic mass is 19.1. The number of carbonyl (C=O) groups excluding carboxylic acids is 1. The molecular formula is C21H25FN12O6. The highest BCUT2D eigenvalue weighted by molar-refractivity contribution is 5.66. The van der Waals surface area contributed by atoms with Crippen molar-refractivity contribution in [2.45, 2.75) is 81.1 Å². The van der Waals surface area contributed by atoms with Gasteiger partial charge in [-0.3, -0.25) is 4.79 Å². The molecule has 1 N–H and O–H groups in total. The third-order valence-corrected chi connectivity index (χ3v) is 6.30. The molecule has 40 heavy (non-hydrogen) atoms. The van der Waals surface area contributed by atoms with Crippen LogP contribution in [0, 0.1) is 0 Å². The summed E-state index contributed by atoms with van der Waals surface area (Å²) in [6.45, 7) is 0.643. The molecule has 1 aromatic rings. The summed E-state index contributed by atoms with van der Waals surface area (Å²) < 4.78 is 38.5. The summed E-state index contributed by atoms with van der Waals surface area (Å²) in [5, 5.41) is 25.1. The Labute approximate surface area is 225 Å². The van der Waals surface area contributed by atoms with E-state index in [0.717, 1.165) is 6.92 Å². The molecule has 0 radical (unpaired) electrons. The van der Waals surface area contributed by atoms with Crippen LogP contribution in [-0.4, -0.2) is 78.7 Å². The highest BCUT2D eigenvalue weighted by Crippen LogP contribution is 2.35. The number of alkyl halides is 1. The minimum absolute atomic E-state index is 0.0400. The summed E-state index contributed by atoms with van der Waals surface area (Å²) in [5.41, 5.74) is 36.7. The Balaban J connectivity index is 1.92. The van der Waals surface area contributed by atoms with Crippen molar-refractivity contribution in [3.63, 3.8) is 0 Å². The lowest BCUT2D eigenvalue weighted by Gasteiger charge is -2.46. The largest absolute Gasteiger partial charge is 0.459 e. The second kappa shape index (κ2) is 14.7. The molecule has 212 valence electrons. The van der Waals surface area contributed by atoms with Crippen LogP contribution >= 0.6 is 0 Å². The van der Waals surface area contributed by atoms with E-state index in [9.17, 15) is 9.90 Å². The Morgan fingerprint density at radius 2 is 1.68 bits per heavy atom. The van der Waals surface area contributed by atoms with Crippen molar-refractivity contribution in [1.82, 2.24) is 0 Å². The van der Waals surface area contributed by atoms with Crippen LogP contribution in [0.25, 0.3) is 41.8 Å². The van der Waals surface area contributed by atoms with Crippen LogP contribution in [0.4, 0.5) is 4.39 Å². The highest BCUT2D eigenvalue weighted by Gasteiger charge is 2.52. The average Bonchev–Trinajstić information content (AvgIpc) is 2.93. The van der Waals surface area contributed by atoms with E-state index in [0.29, 0.717) is 5.56 Å². The minimum Gasteiger partial charge on any atom is -0.459 e. The molecule has 10 unspecified atom stereocenters. The summed E-state index contributed by atoms with van der Waals surface area (Å²) >= 11 is 0. The van der Waals surface area contributed by atoms with E-state index in [-0.39, 0.29) is 19.6 Å². The van der Waals surface area contributed by atoms with Gasteiger partial charge in [0.25, 0.3) is 0 Å². The Bertz CT molecular complexity index is 1220. The van der Waals surface area contributed by atoms with E-state index in [1.165, 1.54) is 0 Å². The lowest BCUT2D eigenvalue weighted by molar-refractivity contribution is -0.287. The number of benzene rings is 1. The number of hydrogen-bond acceptors (Lipinski definition) is 10. The molecule has 0 aromatic heterocycles. The summed E-state index contributed by atoms with van der Waals surface area (Å²) in [7, 11) is 0. The van der Waals surface area contributed by atoms with Gasteiger partial charge in [0.1, 0.15) is 30.5 Å². The fourth-order valence-corrected chi connectivity index (χ4v) is 4.58. The van der Waals surface area contributed by atoms with Crippen LogP contribution in [0.5, 0.6) is 0 Å². The molecule has 1 saturated carbocycles. The maximum absolute atomic E-state index is 15.9. The Morgan fingerprint density at radius 3 is 2.27 bits per heavy atom. The van der Waals surface area contributed by atoms with E-state index in [2.05, 4.69) is 40.1 Å². The van der Waals surface area contributed by atoms with Crippen molar-refractivity contribution in [2.75, 3.05) is 6.54 Å². The number of azide groups is 4. The van der Waals surface area contributed by atoms with Crippen LogP contribution < -0.4 is 0 Å². The van der Waals surface area contributed by atoms with E-state index in [4.69, 9.17) is 41.1 Å². The molecule has 1 heterocycles. The first-order valence-electron chi connectivity index (χ1n) is 11.9. The van der Waals surface area contributed by atoms with Gasteiger partial charge in [-0.1, -0.05) is 50.8 Å². The number of aliphatic hydroxyl groups is 1. The van der Waals surface area contributed by atoms with Crippen LogP contribution in [0.2, 0.25) is 0 Å². The number of nitrogens with zero attached hydrogens (tertiary/aromatic N) is 12. The standard InChI is InChI=1S/C21H25FN12O6/c1-10(35)38-18-12(28-32-24)7-13(29-33-25)19(17(18)36)40-21-16(30-34-26)15(22)20(14(39-21)8-27-31-23)37-9-11-5-3-2-4-6-11/h2-6,12-21,36H,7-9H2,1H3. The van der Waals surface area contributed by atoms with E-state index in [1.807, 2.05) is 0 Å². The zero-order valence-corrected chi connectivity index (χ0v) is 21.0. The molecular weight excluding hydrogens is 535 g/mol. The normalized spacial score (nSPS) is 33.2. The van der Waals surface area contributed by atoms with Gasteiger partial charge >= 0.3 is 5.97 Å². The number of hydrogen-bond donors (Lipinski definition) is 1. The maximum atomic E-state index is 15.9. The zero-order valence-electron chi connectivity index (χ0n) is 21.0. The van der Waals surface area contributed by atoms with Gasteiger partial charge in [0.15, 0.2) is 6.29 Å². The molecule has 2 aliphatic rings. The molecule has 1 saturated heterocycles. The van der Waals surface area contributed by atoms with Gasteiger partial charge in [0, 0.05) is 26.6 Å². The second-order valence-electron chi connectivity index (χ2n) is 8.80. The monoisotopic (exact) mass is 560 g/mol. The van der Waals surface area contributed by atoms with Gasteiger partial charge in [-0.25, -0.2) is 4.39 Å². The summed E-state index contributed by atoms with van der Waals surface area (Å²) in [5.74, 6) is -0.805. The molecule has 0 spiro atoms. The molecule has 3 rings (SSSR count). The van der Waals surface area contributed by atoms with E-state index < -0.39 is 67.1 Å². The predicted molar refractivity (Wildman–Crippen MR) is 132 cm³/mol. The summed E-state index contributed by atoms with van der Waals surface area (Å²) in [6, 6.07) is 4.84. The summed E-state index contributed by atoms with van der Waals surface area (Å²) in [4.78, 5) is 22.4. The van der Waals surface area contributed by atoms with Gasteiger partial charge < -0.3 is 24.1 Å². The molecule has 18 nitrogen and oxygen atoms in total. The lowest BCUT2D eigenvalue weighted by atomic mass is 9.84. The first kappa shape index (κ1) is 30.2. The fraction of sp³-hybridized carbons (Fsp3) is 0.667. The van der Waals surface area contributed by atoms with Crippen LogP contribution in [0.15, 0.2) is 50.8 Å². The topological polar surface area (TPSA) is 269 Å². The quantitative estimate of drug-likeness (QED) is 0.180. The number of carbonyl (C=O) groups is 1. The van der Waals surface area contributed by atoms with Crippen LogP contribution in [-0.2, 0) is 30.3 Å². The van der Waals surface area contributed by atoms with Crippen molar-refractivity contribution < 1.29 is 33.2 Å². The van der Waals surface area contributed by atoms with E-state index >= 15 is 4.39 Å². The molecule has 1 aromatic carbocycles. The van der Waals surface area contributed by atoms with Gasteiger partial charge in [0.2, 0.25) is 0 Å². The Morgan fingerprint density at radius 1 is 1.02 bits per heavy atom. The molecule has 10 atom stereocenters. The van der Waals surface area contributed by atoms with Crippen molar-refractivity contribution in [1.29, 1.82) is 0 Å². The first-order valence-corrected chi connectivity index (χ1v) is 11.9. The number of aliphatic hydroxyl groups excluding tert-OH is 1. The van der Waals surface area contributed by atoms with Crippen LogP contribution in [0.1, 0.15) is 18.9 Å². The Kier molecular flexibility index (Phi) is 11.1. The van der Waals surface area contributed by atoms with E-state index in [1.54, 1.807) is 30.3 Å². The van der Waals surface area contributed by atoms with Gasteiger partial charge in [0.05, 0.1) is 37.4 Å². The maximum Gasteiger partial charge on any atom is 0.303 e. The third-order valence-electron chi connectivity index (χ3n) is 6.30. The third kappa shape index (κ3) is 7.42. The number of halogens is 1. The minimum atomic E-state index is -2.03. The average molecular weight is 561 g/mol. The molecule has 1 aliphatic carbocycles. The number of rotatable bonds is 11. The van der Waals surface area contributed by atoms with Crippen LogP contribution in [0.3, 0.4) is 0 Å². The molecule has 1 aliphatic heterocycles. The zero-order chi connectivity index (χ0) is 29.1. The second-order valence-corrected chi connectivity index (χ2v) is 8.80. The molecule has 19 heteroatoms. The fourth-order valence-electron chi connectivity index (χ4n) is 4.58. The Hall–Kier alpha value is -4.30. The number of ether oxygens (including phenoxy) is 4. The van der Waals surface area contributed by atoms with Gasteiger partial charge in [-0.2, -0.15) is 0 Å². The first-order chi connectivity index (χ1) is 19.3. The summed E-state index contributed by atoms with van der Waals surface area (Å²) in [6.07, 6.45) is -11.1.